The first kappa shape index (κ1) is 18.7. The van der Waals surface area contributed by atoms with E-state index < -0.39 is 33.9 Å². The van der Waals surface area contributed by atoms with Gasteiger partial charge in [-0.3, -0.25) is 8.98 Å². The molecule has 5 nitrogen and oxygen atoms in total. The van der Waals surface area contributed by atoms with Crippen molar-refractivity contribution in [2.75, 3.05) is 0 Å². The van der Waals surface area contributed by atoms with E-state index in [4.69, 9.17) is 9.29 Å². The molecule has 9 heteroatoms. The predicted molar refractivity (Wildman–Crippen MR) is 77.7 cm³/mol. The van der Waals surface area contributed by atoms with Crippen LogP contribution in [0.2, 0.25) is 0 Å². The normalized spacial score (nSPS) is 22.3. The molecule has 1 aromatic carbocycles. The summed E-state index contributed by atoms with van der Waals surface area (Å²) in [5, 5.41) is 8.74. The zero-order valence-corrected chi connectivity index (χ0v) is 13.4. The van der Waals surface area contributed by atoms with E-state index in [2.05, 4.69) is 0 Å². The van der Waals surface area contributed by atoms with Gasteiger partial charge in [0, 0.05) is 6.42 Å². The topological polar surface area (TPSA) is 80.7 Å². The van der Waals surface area contributed by atoms with Crippen molar-refractivity contribution >= 4 is 16.1 Å². The summed E-state index contributed by atoms with van der Waals surface area (Å²) in [4.78, 5) is 10.3. The van der Waals surface area contributed by atoms with Crippen LogP contribution in [0.1, 0.15) is 37.7 Å². The molecular weight excluding hydrogens is 349 g/mol. The van der Waals surface area contributed by atoms with E-state index in [0.717, 1.165) is 12.1 Å². The molecule has 0 aliphatic heterocycles. The van der Waals surface area contributed by atoms with Gasteiger partial charge >= 0.3 is 12.1 Å². The molecule has 0 amide bonds. The summed E-state index contributed by atoms with van der Waals surface area (Å²) < 4.78 is 66.8. The molecule has 0 unspecified atom stereocenters. The smallest absolute Gasteiger partial charge is 0.416 e. The van der Waals surface area contributed by atoms with E-state index in [0.29, 0.717) is 37.8 Å². The first-order chi connectivity index (χ1) is 11.1. The van der Waals surface area contributed by atoms with Gasteiger partial charge in [-0.15, -0.1) is 0 Å². The minimum Gasteiger partial charge on any atom is -0.481 e. The van der Waals surface area contributed by atoms with E-state index in [1.807, 2.05) is 0 Å². The van der Waals surface area contributed by atoms with Gasteiger partial charge in [0.1, 0.15) is 0 Å². The molecule has 1 aromatic rings. The first-order valence-electron chi connectivity index (χ1n) is 7.40. The number of carboxylic acids is 1. The zero-order valence-electron chi connectivity index (χ0n) is 12.6. The Bertz CT molecular complexity index is 674. The van der Waals surface area contributed by atoms with Gasteiger partial charge in [0.25, 0.3) is 10.1 Å². The number of benzene rings is 1. The van der Waals surface area contributed by atoms with E-state index in [1.165, 1.54) is 0 Å². The third-order valence-corrected chi connectivity index (χ3v) is 5.37. The van der Waals surface area contributed by atoms with Crippen molar-refractivity contribution < 1.29 is 35.7 Å². The number of halogens is 3. The monoisotopic (exact) mass is 366 g/mol. The molecular formula is C15H17F3O5S. The summed E-state index contributed by atoms with van der Waals surface area (Å²) in [7, 11) is -4.15. The second kappa shape index (κ2) is 7.10. The number of carboxylic acid groups (broad SMARTS) is 1. The van der Waals surface area contributed by atoms with Gasteiger partial charge in [-0.1, -0.05) is 0 Å². The van der Waals surface area contributed by atoms with E-state index in [9.17, 15) is 26.4 Å². The molecule has 0 aromatic heterocycles. The van der Waals surface area contributed by atoms with Crippen LogP contribution in [0.4, 0.5) is 13.2 Å². The highest BCUT2D eigenvalue weighted by molar-refractivity contribution is 7.86. The summed E-state index contributed by atoms with van der Waals surface area (Å²) in [6.45, 7) is 0. The molecule has 0 spiro atoms. The van der Waals surface area contributed by atoms with Crippen molar-refractivity contribution in [2.45, 2.75) is 49.3 Å². The minimum atomic E-state index is -4.54. The molecule has 0 heterocycles. The third kappa shape index (κ3) is 4.94. The molecule has 0 saturated heterocycles. The number of hydrogen-bond donors (Lipinski definition) is 1. The molecule has 1 aliphatic carbocycles. The maximum absolute atomic E-state index is 12.5. The van der Waals surface area contributed by atoms with Gasteiger partial charge in [-0.05, 0) is 55.9 Å². The standard InChI is InChI=1S/C15H17F3O5S/c16-15(17,18)11-3-7-13(8-4-11)24(21,22)23-12-5-1-10(2-6-12)9-14(19)20/h3-4,7-8,10,12H,1-2,5-6,9H2,(H,19,20). The Labute approximate surface area is 137 Å². The molecule has 0 bridgehead atoms. The average molecular weight is 366 g/mol. The summed E-state index contributed by atoms with van der Waals surface area (Å²) in [5.74, 6) is -0.895. The molecule has 1 fully saturated rings. The molecule has 2 rings (SSSR count). The van der Waals surface area contributed by atoms with Crippen LogP contribution in [-0.2, 0) is 25.3 Å². The zero-order chi connectivity index (χ0) is 18.0. The lowest BCUT2D eigenvalue weighted by molar-refractivity contribution is -0.139. The Morgan fingerprint density at radius 3 is 2.12 bits per heavy atom. The lowest BCUT2D eigenvalue weighted by Gasteiger charge is -2.27. The Morgan fingerprint density at radius 2 is 1.67 bits per heavy atom. The maximum atomic E-state index is 12.5. The summed E-state index contributed by atoms with van der Waals surface area (Å²) in [6.07, 6.45) is -3.19. The van der Waals surface area contributed by atoms with E-state index in [-0.39, 0.29) is 17.2 Å². The van der Waals surface area contributed by atoms with Crippen LogP contribution in [0.15, 0.2) is 29.2 Å². The second-order valence-electron chi connectivity index (χ2n) is 5.81. The lowest BCUT2D eigenvalue weighted by atomic mass is 9.85. The molecule has 0 radical (unpaired) electrons. The number of aliphatic carboxylic acids is 1. The minimum absolute atomic E-state index is 0.00359. The highest BCUT2D eigenvalue weighted by Crippen LogP contribution is 2.32. The number of rotatable bonds is 5. The highest BCUT2D eigenvalue weighted by atomic mass is 32.2. The number of carbonyl (C=O) groups is 1. The quantitative estimate of drug-likeness (QED) is 0.808. The van der Waals surface area contributed by atoms with E-state index in [1.54, 1.807) is 0 Å². The summed E-state index contributed by atoms with van der Waals surface area (Å²) >= 11 is 0. The average Bonchev–Trinajstić information content (AvgIpc) is 2.48. The van der Waals surface area contributed by atoms with E-state index >= 15 is 0 Å². The molecule has 1 aliphatic rings. The van der Waals surface area contributed by atoms with Crippen LogP contribution in [0.5, 0.6) is 0 Å². The number of hydrogen-bond acceptors (Lipinski definition) is 4. The Morgan fingerprint density at radius 1 is 1.12 bits per heavy atom. The van der Waals surface area contributed by atoms with Crippen LogP contribution < -0.4 is 0 Å². The van der Waals surface area contributed by atoms with Crippen LogP contribution in [0.25, 0.3) is 0 Å². The Hall–Kier alpha value is -1.61. The van der Waals surface area contributed by atoms with Crippen LogP contribution in [-0.4, -0.2) is 25.6 Å². The van der Waals surface area contributed by atoms with Gasteiger partial charge in [0.05, 0.1) is 16.6 Å². The fraction of sp³-hybridized carbons (Fsp3) is 0.533. The van der Waals surface area contributed by atoms with Crippen LogP contribution in [0.3, 0.4) is 0 Å². The van der Waals surface area contributed by atoms with Crippen LogP contribution >= 0.6 is 0 Å². The van der Waals surface area contributed by atoms with Crippen molar-refractivity contribution in [1.29, 1.82) is 0 Å². The maximum Gasteiger partial charge on any atom is 0.416 e. The molecule has 1 N–H and O–H groups in total. The van der Waals surface area contributed by atoms with Crippen LogP contribution in [0, 0.1) is 5.92 Å². The molecule has 134 valence electrons. The summed E-state index contributed by atoms with van der Waals surface area (Å²) in [6, 6.07) is 3.13. The fourth-order valence-corrected chi connectivity index (χ4v) is 3.86. The third-order valence-electron chi connectivity index (χ3n) is 3.99. The van der Waals surface area contributed by atoms with Gasteiger partial charge in [0.15, 0.2) is 0 Å². The lowest BCUT2D eigenvalue weighted by Crippen LogP contribution is -2.25. The van der Waals surface area contributed by atoms with Crippen molar-refractivity contribution in [1.82, 2.24) is 0 Å². The second-order valence-corrected chi connectivity index (χ2v) is 7.39. The molecule has 24 heavy (non-hydrogen) atoms. The summed E-state index contributed by atoms with van der Waals surface area (Å²) in [5.41, 5.74) is -0.935. The van der Waals surface area contributed by atoms with Crippen molar-refractivity contribution in [3.63, 3.8) is 0 Å². The van der Waals surface area contributed by atoms with Gasteiger partial charge in [-0.2, -0.15) is 21.6 Å². The van der Waals surface area contributed by atoms with Crippen molar-refractivity contribution in [3.8, 4) is 0 Å². The SMILES string of the molecule is O=C(O)CC1CCC(OS(=O)(=O)c2ccc(C(F)(F)F)cc2)CC1. The van der Waals surface area contributed by atoms with Crippen molar-refractivity contribution in [3.05, 3.63) is 29.8 Å². The van der Waals surface area contributed by atoms with Crippen molar-refractivity contribution in [2.24, 2.45) is 5.92 Å². The highest BCUT2D eigenvalue weighted by Gasteiger charge is 2.32. The van der Waals surface area contributed by atoms with Gasteiger partial charge in [-0.25, -0.2) is 0 Å². The molecule has 0 atom stereocenters. The first-order valence-corrected chi connectivity index (χ1v) is 8.81. The fourth-order valence-electron chi connectivity index (χ4n) is 2.72. The Balaban J connectivity index is 1.98. The molecule has 1 saturated carbocycles. The predicted octanol–water partition coefficient (Wildman–Crippen LogP) is 3.44. The number of alkyl halides is 3. The van der Waals surface area contributed by atoms with Gasteiger partial charge < -0.3 is 5.11 Å². The largest absolute Gasteiger partial charge is 0.481 e. The van der Waals surface area contributed by atoms with Gasteiger partial charge in [0.2, 0.25) is 0 Å². The Kier molecular flexibility index (Phi) is 5.54.